The minimum Gasteiger partial charge on any atom is -0.377 e. The molecule has 1 aromatic heterocycles. The zero-order valence-electron chi connectivity index (χ0n) is 22.4. The number of nitrogens with zero attached hydrogens (tertiary/aromatic N) is 3. The number of hydrogen-bond donors (Lipinski definition) is 4. The molecule has 0 bridgehead atoms. The van der Waals surface area contributed by atoms with Crippen molar-refractivity contribution in [2.75, 3.05) is 62.0 Å². The van der Waals surface area contributed by atoms with Crippen LogP contribution in [-0.4, -0.2) is 73.0 Å². The van der Waals surface area contributed by atoms with Crippen molar-refractivity contribution in [2.24, 2.45) is 5.92 Å². The Morgan fingerprint density at radius 3 is 2.11 bits per heavy atom. The minimum atomic E-state index is -0.0937. The van der Waals surface area contributed by atoms with Gasteiger partial charge in [0.25, 0.3) is 5.91 Å². The van der Waals surface area contributed by atoms with Gasteiger partial charge in [0.2, 0.25) is 17.8 Å². The van der Waals surface area contributed by atoms with Gasteiger partial charge in [-0.3, -0.25) is 4.79 Å². The summed E-state index contributed by atoms with van der Waals surface area (Å²) in [5, 5.41) is 13.1. The van der Waals surface area contributed by atoms with Crippen molar-refractivity contribution in [3.8, 4) is 0 Å². The van der Waals surface area contributed by atoms with Crippen LogP contribution in [0.3, 0.4) is 0 Å². The van der Waals surface area contributed by atoms with Crippen molar-refractivity contribution < 1.29 is 14.3 Å². The SMILES string of the molecule is O=C(NCCOCCOCCNc1nc(NCC2CCCCC2)nc(NC2CCCC2)n1)c1ccccc1. The third-order valence-corrected chi connectivity index (χ3v) is 7.07. The molecule has 1 heterocycles. The maximum absolute atomic E-state index is 12.0. The first-order valence-electron chi connectivity index (χ1n) is 14.3. The average molecular weight is 526 g/mol. The molecule has 4 rings (SSSR count). The van der Waals surface area contributed by atoms with E-state index in [0.717, 1.165) is 19.4 Å². The number of hydrogen-bond acceptors (Lipinski definition) is 9. The maximum atomic E-state index is 12.0. The lowest BCUT2D eigenvalue weighted by Crippen LogP contribution is -2.27. The van der Waals surface area contributed by atoms with Crippen molar-refractivity contribution in [3.05, 3.63) is 35.9 Å². The van der Waals surface area contributed by atoms with Crippen molar-refractivity contribution in [1.82, 2.24) is 20.3 Å². The van der Waals surface area contributed by atoms with Gasteiger partial charge in [0, 0.05) is 31.2 Å². The number of rotatable bonds is 16. The van der Waals surface area contributed by atoms with Gasteiger partial charge in [-0.2, -0.15) is 15.0 Å². The van der Waals surface area contributed by atoms with E-state index in [1.165, 1.54) is 44.9 Å². The van der Waals surface area contributed by atoms with E-state index in [1.807, 2.05) is 18.2 Å². The van der Waals surface area contributed by atoms with Crippen LogP contribution in [-0.2, 0) is 9.47 Å². The molecule has 2 aliphatic carbocycles. The van der Waals surface area contributed by atoms with Crippen molar-refractivity contribution >= 4 is 23.8 Å². The van der Waals surface area contributed by atoms with Crippen molar-refractivity contribution in [1.29, 1.82) is 0 Å². The van der Waals surface area contributed by atoms with Crippen LogP contribution in [0.15, 0.2) is 30.3 Å². The zero-order chi connectivity index (χ0) is 26.3. The Kier molecular flexibility index (Phi) is 11.9. The lowest BCUT2D eigenvalue weighted by molar-refractivity contribution is 0.0519. The van der Waals surface area contributed by atoms with Crippen LogP contribution in [0.25, 0.3) is 0 Å². The summed E-state index contributed by atoms with van der Waals surface area (Å²) in [7, 11) is 0. The van der Waals surface area contributed by atoms with Gasteiger partial charge >= 0.3 is 0 Å². The molecule has 4 N–H and O–H groups in total. The van der Waals surface area contributed by atoms with E-state index in [1.54, 1.807) is 12.1 Å². The molecule has 0 atom stereocenters. The Hall–Kier alpha value is -2.98. The van der Waals surface area contributed by atoms with E-state index in [0.29, 0.717) is 74.9 Å². The van der Waals surface area contributed by atoms with Crippen LogP contribution in [0.4, 0.5) is 17.8 Å². The normalized spacial score (nSPS) is 16.3. The number of carbonyl (C=O) groups excluding carboxylic acids is 1. The number of anilines is 3. The van der Waals surface area contributed by atoms with E-state index >= 15 is 0 Å². The monoisotopic (exact) mass is 525 g/mol. The third-order valence-electron chi connectivity index (χ3n) is 7.07. The van der Waals surface area contributed by atoms with Gasteiger partial charge in [-0.1, -0.05) is 50.3 Å². The third kappa shape index (κ3) is 10.1. The highest BCUT2D eigenvalue weighted by atomic mass is 16.5. The van der Waals surface area contributed by atoms with Crippen LogP contribution in [0.1, 0.15) is 68.1 Å². The van der Waals surface area contributed by atoms with Gasteiger partial charge in [0.15, 0.2) is 0 Å². The molecule has 0 spiro atoms. The number of amides is 1. The molecule has 2 aromatic rings. The molecule has 2 aliphatic rings. The highest BCUT2D eigenvalue weighted by Crippen LogP contribution is 2.24. The van der Waals surface area contributed by atoms with Gasteiger partial charge in [-0.15, -0.1) is 0 Å². The quantitative estimate of drug-likeness (QED) is 0.240. The second-order valence-corrected chi connectivity index (χ2v) is 10.1. The van der Waals surface area contributed by atoms with Gasteiger partial charge < -0.3 is 30.7 Å². The summed E-state index contributed by atoms with van der Waals surface area (Å²) in [5.41, 5.74) is 0.648. The standard InChI is InChI=1S/C28H43N7O3/c36-25(23-11-5-2-6-12-23)29-15-17-37-19-20-38-18-16-30-26-33-27(31-21-22-9-3-1-4-10-22)35-28(34-26)32-24-13-7-8-14-24/h2,5-6,11-12,22,24H,1,3-4,7-10,13-21H2,(H,29,36)(H3,30,31,32,33,34,35). The summed E-state index contributed by atoms with van der Waals surface area (Å²) >= 11 is 0. The largest absolute Gasteiger partial charge is 0.377 e. The Labute approximate surface area is 226 Å². The number of ether oxygens (including phenoxy) is 2. The van der Waals surface area contributed by atoms with Gasteiger partial charge in [0.1, 0.15) is 0 Å². The second-order valence-electron chi connectivity index (χ2n) is 10.1. The van der Waals surface area contributed by atoms with Crippen LogP contribution >= 0.6 is 0 Å². The van der Waals surface area contributed by atoms with Crippen molar-refractivity contribution in [3.63, 3.8) is 0 Å². The number of benzene rings is 1. The second kappa shape index (κ2) is 16.1. The smallest absolute Gasteiger partial charge is 0.251 e. The van der Waals surface area contributed by atoms with E-state index in [9.17, 15) is 4.79 Å². The first-order chi connectivity index (χ1) is 18.8. The summed E-state index contributed by atoms with van der Waals surface area (Å²) in [5.74, 6) is 2.42. The highest BCUT2D eigenvalue weighted by molar-refractivity contribution is 5.94. The molecule has 208 valence electrons. The Bertz CT molecular complexity index is 951. The lowest BCUT2D eigenvalue weighted by Gasteiger charge is -2.22. The number of carbonyl (C=O) groups is 1. The summed E-state index contributed by atoms with van der Waals surface area (Å²) < 4.78 is 11.2. The Balaban J connectivity index is 1.11. The molecule has 0 saturated heterocycles. The number of aromatic nitrogens is 3. The predicted molar refractivity (Wildman–Crippen MR) is 150 cm³/mol. The van der Waals surface area contributed by atoms with Crippen molar-refractivity contribution in [2.45, 2.75) is 63.8 Å². The Morgan fingerprint density at radius 2 is 1.37 bits per heavy atom. The summed E-state index contributed by atoms with van der Waals surface area (Å²) in [6.07, 6.45) is 11.4. The van der Waals surface area contributed by atoms with Crippen LogP contribution in [0, 0.1) is 5.92 Å². The van der Waals surface area contributed by atoms with E-state index in [4.69, 9.17) is 9.47 Å². The summed E-state index contributed by atoms with van der Waals surface area (Å²) in [6, 6.07) is 9.59. The molecule has 0 radical (unpaired) electrons. The van der Waals surface area contributed by atoms with Gasteiger partial charge in [0.05, 0.1) is 26.4 Å². The molecule has 2 fully saturated rings. The molecule has 2 saturated carbocycles. The topological polar surface area (TPSA) is 122 Å². The van der Waals surface area contributed by atoms with Crippen LogP contribution in [0.2, 0.25) is 0 Å². The molecule has 1 aromatic carbocycles. The van der Waals surface area contributed by atoms with Crippen LogP contribution in [0.5, 0.6) is 0 Å². The summed E-state index contributed by atoms with van der Waals surface area (Å²) in [4.78, 5) is 25.8. The predicted octanol–water partition coefficient (Wildman–Crippen LogP) is 4.09. The molecule has 1 amide bonds. The van der Waals surface area contributed by atoms with E-state index < -0.39 is 0 Å². The van der Waals surface area contributed by atoms with E-state index in [2.05, 4.69) is 36.2 Å². The fourth-order valence-corrected chi connectivity index (χ4v) is 4.96. The summed E-state index contributed by atoms with van der Waals surface area (Å²) in [6.45, 7) is 3.86. The lowest BCUT2D eigenvalue weighted by atomic mass is 9.89. The van der Waals surface area contributed by atoms with Crippen LogP contribution < -0.4 is 21.3 Å². The molecule has 0 aliphatic heterocycles. The van der Waals surface area contributed by atoms with Gasteiger partial charge in [-0.05, 0) is 43.7 Å². The average Bonchev–Trinajstić information content (AvgIpc) is 3.47. The Morgan fingerprint density at radius 1 is 0.737 bits per heavy atom. The zero-order valence-corrected chi connectivity index (χ0v) is 22.4. The number of nitrogens with one attached hydrogen (secondary N) is 4. The maximum Gasteiger partial charge on any atom is 0.251 e. The fraction of sp³-hybridized carbons (Fsp3) is 0.643. The molecule has 10 heteroatoms. The van der Waals surface area contributed by atoms with Gasteiger partial charge in [-0.25, -0.2) is 0 Å². The van der Waals surface area contributed by atoms with E-state index in [-0.39, 0.29) is 5.91 Å². The first-order valence-corrected chi connectivity index (χ1v) is 14.3. The molecular formula is C28H43N7O3. The first kappa shape index (κ1) is 28.0. The molecular weight excluding hydrogens is 482 g/mol. The molecule has 0 unspecified atom stereocenters. The molecule has 38 heavy (non-hydrogen) atoms. The highest BCUT2D eigenvalue weighted by Gasteiger charge is 2.18. The molecule has 10 nitrogen and oxygen atoms in total. The fourth-order valence-electron chi connectivity index (χ4n) is 4.96. The minimum absolute atomic E-state index is 0.0937.